The zero-order valence-electron chi connectivity index (χ0n) is 5.35. The Kier molecular flexibility index (Phi) is 4.95. The van der Waals surface area contributed by atoms with E-state index in [1.165, 1.54) is 7.11 Å². The lowest BCUT2D eigenvalue weighted by Gasteiger charge is -2.06. The van der Waals surface area contributed by atoms with E-state index in [-0.39, 0.29) is 0 Å². The SMILES string of the molecule is CCNCC(O)OC. The molecule has 0 rings (SSSR count). The molecule has 0 amide bonds. The summed E-state index contributed by atoms with van der Waals surface area (Å²) in [7, 11) is 1.47. The minimum Gasteiger partial charge on any atom is -0.367 e. The number of aliphatic hydroxyl groups excluding tert-OH is 1. The van der Waals surface area contributed by atoms with E-state index in [0.717, 1.165) is 6.54 Å². The maximum Gasteiger partial charge on any atom is 0.166 e. The van der Waals surface area contributed by atoms with Crippen LogP contribution in [0.4, 0.5) is 0 Å². The Morgan fingerprint density at radius 2 is 2.38 bits per heavy atom. The summed E-state index contributed by atoms with van der Waals surface area (Å²) < 4.78 is 4.55. The van der Waals surface area contributed by atoms with Crippen molar-refractivity contribution in [3.8, 4) is 0 Å². The van der Waals surface area contributed by atoms with Gasteiger partial charge in [0, 0.05) is 13.7 Å². The van der Waals surface area contributed by atoms with Crippen LogP contribution >= 0.6 is 0 Å². The maximum absolute atomic E-state index is 8.70. The van der Waals surface area contributed by atoms with Crippen LogP contribution in [-0.2, 0) is 4.74 Å². The minimum absolute atomic E-state index is 0.507. The maximum atomic E-state index is 8.70. The molecule has 3 heteroatoms. The molecule has 0 heterocycles. The zero-order chi connectivity index (χ0) is 6.41. The third-order valence-electron chi connectivity index (χ3n) is 0.841. The Balaban J connectivity index is 2.86. The lowest BCUT2D eigenvalue weighted by molar-refractivity contribution is -0.0704. The van der Waals surface area contributed by atoms with E-state index in [9.17, 15) is 0 Å². The van der Waals surface area contributed by atoms with E-state index in [4.69, 9.17) is 5.11 Å². The Morgan fingerprint density at radius 1 is 1.75 bits per heavy atom. The highest BCUT2D eigenvalue weighted by molar-refractivity contribution is 4.43. The van der Waals surface area contributed by atoms with Crippen molar-refractivity contribution in [1.82, 2.24) is 5.32 Å². The summed E-state index contributed by atoms with van der Waals surface area (Å²) in [5.74, 6) is 0. The predicted octanol–water partition coefficient (Wildman–Crippen LogP) is -0.439. The molecule has 0 aliphatic rings. The fraction of sp³-hybridized carbons (Fsp3) is 1.00. The topological polar surface area (TPSA) is 41.5 Å². The lowest BCUT2D eigenvalue weighted by Crippen LogP contribution is -2.27. The van der Waals surface area contributed by atoms with Crippen LogP contribution in [-0.4, -0.2) is 31.6 Å². The highest BCUT2D eigenvalue weighted by Crippen LogP contribution is 1.76. The number of ether oxygens (including phenoxy) is 1. The van der Waals surface area contributed by atoms with Crippen molar-refractivity contribution >= 4 is 0 Å². The molecule has 0 saturated heterocycles. The second-order valence-corrected chi connectivity index (χ2v) is 1.50. The molecule has 1 unspecified atom stereocenters. The van der Waals surface area contributed by atoms with Gasteiger partial charge in [0.05, 0.1) is 0 Å². The fourth-order valence-electron chi connectivity index (χ4n) is 0.351. The summed E-state index contributed by atoms with van der Waals surface area (Å²) in [5, 5.41) is 11.6. The number of methoxy groups -OCH3 is 1. The van der Waals surface area contributed by atoms with Crippen molar-refractivity contribution in [2.45, 2.75) is 13.2 Å². The molecular weight excluding hydrogens is 106 g/mol. The van der Waals surface area contributed by atoms with Crippen LogP contribution in [0.25, 0.3) is 0 Å². The molecule has 50 valence electrons. The summed E-state index contributed by atoms with van der Waals surface area (Å²) in [4.78, 5) is 0. The molecule has 0 aliphatic heterocycles. The number of rotatable bonds is 4. The molecule has 3 nitrogen and oxygen atoms in total. The first-order chi connectivity index (χ1) is 3.81. The van der Waals surface area contributed by atoms with Gasteiger partial charge in [-0.1, -0.05) is 6.92 Å². The van der Waals surface area contributed by atoms with Gasteiger partial charge in [0.15, 0.2) is 6.29 Å². The van der Waals surface area contributed by atoms with Crippen LogP contribution in [0.5, 0.6) is 0 Å². The Labute approximate surface area is 49.7 Å². The summed E-state index contributed by atoms with van der Waals surface area (Å²) in [6, 6.07) is 0. The van der Waals surface area contributed by atoms with Gasteiger partial charge in [0.2, 0.25) is 0 Å². The number of hydrogen-bond acceptors (Lipinski definition) is 3. The van der Waals surface area contributed by atoms with Crippen molar-refractivity contribution in [3.63, 3.8) is 0 Å². The molecule has 0 saturated carbocycles. The van der Waals surface area contributed by atoms with Gasteiger partial charge in [-0.2, -0.15) is 0 Å². The van der Waals surface area contributed by atoms with Crippen molar-refractivity contribution in [1.29, 1.82) is 0 Å². The largest absolute Gasteiger partial charge is 0.367 e. The monoisotopic (exact) mass is 119 g/mol. The molecule has 0 bridgehead atoms. The Bertz CT molecular complexity index is 49.7. The van der Waals surface area contributed by atoms with E-state index < -0.39 is 6.29 Å². The first kappa shape index (κ1) is 7.88. The molecule has 0 aromatic heterocycles. The molecule has 0 spiro atoms. The lowest BCUT2D eigenvalue weighted by atomic mass is 10.6. The van der Waals surface area contributed by atoms with Gasteiger partial charge in [-0.15, -0.1) is 0 Å². The van der Waals surface area contributed by atoms with E-state index in [2.05, 4.69) is 10.1 Å². The Hall–Kier alpha value is -0.120. The third-order valence-corrected chi connectivity index (χ3v) is 0.841. The van der Waals surface area contributed by atoms with Gasteiger partial charge >= 0.3 is 0 Å². The van der Waals surface area contributed by atoms with E-state index in [1.54, 1.807) is 0 Å². The summed E-state index contributed by atoms with van der Waals surface area (Å²) >= 11 is 0. The number of aliphatic hydroxyl groups is 1. The average molecular weight is 119 g/mol. The predicted molar refractivity (Wildman–Crippen MR) is 31.6 cm³/mol. The van der Waals surface area contributed by atoms with Gasteiger partial charge in [-0.25, -0.2) is 0 Å². The van der Waals surface area contributed by atoms with Crippen LogP contribution < -0.4 is 5.32 Å². The van der Waals surface area contributed by atoms with E-state index in [0.29, 0.717) is 6.54 Å². The molecule has 0 aliphatic carbocycles. The molecule has 8 heavy (non-hydrogen) atoms. The molecular formula is C5H13NO2. The molecule has 0 aromatic rings. The molecule has 0 fully saturated rings. The second-order valence-electron chi connectivity index (χ2n) is 1.50. The highest BCUT2D eigenvalue weighted by atomic mass is 16.6. The van der Waals surface area contributed by atoms with Crippen LogP contribution in [0, 0.1) is 0 Å². The van der Waals surface area contributed by atoms with Gasteiger partial charge < -0.3 is 15.2 Å². The fourth-order valence-corrected chi connectivity index (χ4v) is 0.351. The van der Waals surface area contributed by atoms with Gasteiger partial charge in [0.1, 0.15) is 0 Å². The van der Waals surface area contributed by atoms with Crippen LogP contribution in [0.15, 0.2) is 0 Å². The minimum atomic E-state index is -0.657. The molecule has 2 N–H and O–H groups in total. The van der Waals surface area contributed by atoms with Crippen LogP contribution in [0.2, 0.25) is 0 Å². The number of nitrogens with one attached hydrogen (secondary N) is 1. The van der Waals surface area contributed by atoms with Gasteiger partial charge in [0.25, 0.3) is 0 Å². The summed E-state index contributed by atoms with van der Waals surface area (Å²) in [6.07, 6.45) is -0.657. The molecule has 0 radical (unpaired) electrons. The van der Waals surface area contributed by atoms with Crippen LogP contribution in [0.1, 0.15) is 6.92 Å². The van der Waals surface area contributed by atoms with E-state index >= 15 is 0 Å². The van der Waals surface area contributed by atoms with Gasteiger partial charge in [-0.3, -0.25) is 0 Å². The van der Waals surface area contributed by atoms with Crippen molar-refractivity contribution in [2.24, 2.45) is 0 Å². The second kappa shape index (κ2) is 5.03. The van der Waals surface area contributed by atoms with Crippen molar-refractivity contribution in [2.75, 3.05) is 20.2 Å². The number of hydrogen-bond donors (Lipinski definition) is 2. The summed E-state index contributed by atoms with van der Waals surface area (Å²) in [6.45, 7) is 3.34. The van der Waals surface area contributed by atoms with Gasteiger partial charge in [-0.05, 0) is 6.54 Å². The normalized spacial score (nSPS) is 13.9. The third kappa shape index (κ3) is 4.05. The first-order valence-electron chi connectivity index (χ1n) is 2.72. The smallest absolute Gasteiger partial charge is 0.166 e. The van der Waals surface area contributed by atoms with Crippen molar-refractivity contribution < 1.29 is 9.84 Å². The quantitative estimate of drug-likeness (QED) is 0.493. The molecule has 1 atom stereocenters. The Morgan fingerprint density at radius 3 is 2.75 bits per heavy atom. The van der Waals surface area contributed by atoms with E-state index in [1.807, 2.05) is 6.92 Å². The number of likely N-dealkylation sites (N-methyl/N-ethyl adjacent to an activating group) is 1. The first-order valence-corrected chi connectivity index (χ1v) is 2.72. The molecule has 0 aromatic carbocycles. The van der Waals surface area contributed by atoms with Crippen molar-refractivity contribution in [3.05, 3.63) is 0 Å². The van der Waals surface area contributed by atoms with Crippen LogP contribution in [0.3, 0.4) is 0 Å². The zero-order valence-corrected chi connectivity index (χ0v) is 5.35. The average Bonchev–Trinajstić information content (AvgIpc) is 1.83. The standard InChI is InChI=1S/C5H13NO2/c1-3-6-4-5(7)8-2/h5-7H,3-4H2,1-2H3. The highest BCUT2D eigenvalue weighted by Gasteiger charge is 1.95. The summed E-state index contributed by atoms with van der Waals surface area (Å²) in [5.41, 5.74) is 0.